The van der Waals surface area contributed by atoms with Crippen molar-refractivity contribution in [2.45, 2.75) is 37.0 Å². The maximum absolute atomic E-state index is 6.47. The summed E-state index contributed by atoms with van der Waals surface area (Å²) < 4.78 is 11.7. The quantitative estimate of drug-likeness (QED) is 0.744. The van der Waals surface area contributed by atoms with Crippen LogP contribution in [-0.2, 0) is 0 Å². The summed E-state index contributed by atoms with van der Waals surface area (Å²) in [6.45, 7) is 0. The van der Waals surface area contributed by atoms with Crippen molar-refractivity contribution in [3.05, 3.63) is 22.2 Å². The molecule has 0 amide bonds. The van der Waals surface area contributed by atoms with Crippen molar-refractivity contribution in [2.24, 2.45) is 0 Å². The normalized spacial score (nSPS) is 23.8. The molecule has 18 heavy (non-hydrogen) atoms. The van der Waals surface area contributed by atoms with E-state index in [0.717, 1.165) is 28.8 Å². The van der Waals surface area contributed by atoms with Crippen molar-refractivity contribution in [3.63, 3.8) is 0 Å². The second kappa shape index (κ2) is 6.16. The number of benzene rings is 1. The number of halogens is 2. The Morgan fingerprint density at radius 1 is 1.17 bits per heavy atom. The van der Waals surface area contributed by atoms with Gasteiger partial charge in [-0.1, -0.05) is 18.9 Å². The Hall–Kier alpha value is -0.410. The minimum atomic E-state index is 0.202. The summed E-state index contributed by atoms with van der Waals surface area (Å²) in [7, 11) is 3.35. The summed E-state index contributed by atoms with van der Waals surface area (Å²) in [5, 5.41) is 0.202. The Balaban J connectivity index is 2.40. The van der Waals surface area contributed by atoms with Gasteiger partial charge in [0.1, 0.15) is 16.0 Å². The van der Waals surface area contributed by atoms with E-state index in [4.69, 9.17) is 21.1 Å². The molecule has 0 N–H and O–H groups in total. The standard InChI is InChI=1S/C14H18BrClO2/c1-17-12-8-7-10(14(18-2)13(12)15)9-5-3-4-6-11(9)16/h7-9,11H,3-6H2,1-2H3. The van der Waals surface area contributed by atoms with Crippen molar-refractivity contribution in [2.75, 3.05) is 14.2 Å². The molecule has 0 aromatic heterocycles. The average Bonchev–Trinajstić information content (AvgIpc) is 2.39. The second-order valence-corrected chi connectivity index (χ2v) is 5.96. The summed E-state index contributed by atoms with van der Waals surface area (Å²) in [5.41, 5.74) is 1.19. The van der Waals surface area contributed by atoms with Crippen LogP contribution in [0.25, 0.3) is 0 Å². The zero-order valence-corrected chi connectivity index (χ0v) is 13.1. The summed E-state index contributed by atoms with van der Waals surface area (Å²) >= 11 is 10.0. The molecule has 2 nitrogen and oxygen atoms in total. The van der Waals surface area contributed by atoms with Crippen LogP contribution >= 0.6 is 27.5 Å². The highest BCUT2D eigenvalue weighted by molar-refractivity contribution is 9.10. The third-order valence-electron chi connectivity index (χ3n) is 3.60. The fourth-order valence-corrected chi connectivity index (χ4v) is 3.75. The average molecular weight is 334 g/mol. The first-order valence-corrected chi connectivity index (χ1v) is 7.46. The molecule has 2 rings (SSSR count). The first-order valence-electron chi connectivity index (χ1n) is 6.23. The fraction of sp³-hybridized carbons (Fsp3) is 0.571. The minimum Gasteiger partial charge on any atom is -0.495 e. The van der Waals surface area contributed by atoms with E-state index >= 15 is 0 Å². The van der Waals surface area contributed by atoms with Crippen LogP contribution in [0.15, 0.2) is 16.6 Å². The smallest absolute Gasteiger partial charge is 0.140 e. The van der Waals surface area contributed by atoms with E-state index in [1.165, 1.54) is 18.4 Å². The number of hydrogen-bond donors (Lipinski definition) is 0. The van der Waals surface area contributed by atoms with Crippen molar-refractivity contribution < 1.29 is 9.47 Å². The molecule has 0 heterocycles. The van der Waals surface area contributed by atoms with E-state index in [9.17, 15) is 0 Å². The number of methoxy groups -OCH3 is 2. The van der Waals surface area contributed by atoms with Gasteiger partial charge in [0.15, 0.2) is 0 Å². The third kappa shape index (κ3) is 2.62. The minimum absolute atomic E-state index is 0.202. The first-order chi connectivity index (χ1) is 8.69. The van der Waals surface area contributed by atoms with Crippen LogP contribution in [0.1, 0.15) is 37.2 Å². The maximum atomic E-state index is 6.47. The molecule has 1 aliphatic rings. The molecule has 1 aliphatic carbocycles. The Kier molecular flexibility index (Phi) is 4.79. The molecule has 0 saturated heterocycles. The zero-order chi connectivity index (χ0) is 13.1. The van der Waals surface area contributed by atoms with Gasteiger partial charge in [-0.25, -0.2) is 0 Å². The SMILES string of the molecule is COc1ccc(C2CCCCC2Cl)c(OC)c1Br. The predicted octanol–water partition coefficient (Wildman–Crippen LogP) is 4.73. The first kappa shape index (κ1) is 14.0. The largest absolute Gasteiger partial charge is 0.495 e. The van der Waals surface area contributed by atoms with Crippen molar-refractivity contribution in [1.29, 1.82) is 0 Å². The predicted molar refractivity (Wildman–Crippen MR) is 78.1 cm³/mol. The molecular formula is C14H18BrClO2. The fourth-order valence-electron chi connectivity index (χ4n) is 2.65. The highest BCUT2D eigenvalue weighted by Crippen LogP contribution is 2.45. The molecule has 1 fully saturated rings. The van der Waals surface area contributed by atoms with E-state index in [0.29, 0.717) is 5.92 Å². The molecule has 0 spiro atoms. The lowest BCUT2D eigenvalue weighted by atomic mass is 9.83. The number of alkyl halides is 1. The summed E-state index contributed by atoms with van der Waals surface area (Å²) in [4.78, 5) is 0. The van der Waals surface area contributed by atoms with Gasteiger partial charge in [0.25, 0.3) is 0 Å². The summed E-state index contributed by atoms with van der Waals surface area (Å²) in [6, 6.07) is 4.05. The highest BCUT2D eigenvalue weighted by Gasteiger charge is 2.28. The molecule has 0 aliphatic heterocycles. The van der Waals surface area contributed by atoms with Crippen LogP contribution in [-0.4, -0.2) is 19.6 Å². The van der Waals surface area contributed by atoms with Gasteiger partial charge in [0, 0.05) is 16.9 Å². The summed E-state index contributed by atoms with van der Waals surface area (Å²) in [5.74, 6) is 2.02. The number of ether oxygens (including phenoxy) is 2. The maximum Gasteiger partial charge on any atom is 0.140 e. The number of hydrogen-bond acceptors (Lipinski definition) is 2. The van der Waals surface area contributed by atoms with E-state index in [-0.39, 0.29) is 5.38 Å². The summed E-state index contributed by atoms with van der Waals surface area (Å²) in [6.07, 6.45) is 4.67. The Morgan fingerprint density at radius 2 is 1.89 bits per heavy atom. The topological polar surface area (TPSA) is 18.5 Å². The van der Waals surface area contributed by atoms with E-state index in [1.54, 1.807) is 14.2 Å². The van der Waals surface area contributed by atoms with Gasteiger partial charge in [-0.05, 0) is 34.8 Å². The molecule has 1 saturated carbocycles. The van der Waals surface area contributed by atoms with Crippen molar-refractivity contribution in [1.82, 2.24) is 0 Å². The molecular weight excluding hydrogens is 316 g/mol. The molecule has 0 bridgehead atoms. The van der Waals surface area contributed by atoms with Crippen LogP contribution in [0.2, 0.25) is 0 Å². The lowest BCUT2D eigenvalue weighted by Gasteiger charge is -2.29. The molecule has 100 valence electrons. The van der Waals surface area contributed by atoms with Crippen LogP contribution < -0.4 is 9.47 Å². The van der Waals surface area contributed by atoms with Crippen LogP contribution in [0.5, 0.6) is 11.5 Å². The van der Waals surface area contributed by atoms with Gasteiger partial charge >= 0.3 is 0 Å². The third-order valence-corrected chi connectivity index (χ3v) is 4.87. The van der Waals surface area contributed by atoms with Gasteiger partial charge in [-0.15, -0.1) is 11.6 Å². The Labute approximate surface area is 122 Å². The van der Waals surface area contributed by atoms with Crippen molar-refractivity contribution in [3.8, 4) is 11.5 Å². The van der Waals surface area contributed by atoms with Gasteiger partial charge < -0.3 is 9.47 Å². The van der Waals surface area contributed by atoms with E-state index in [2.05, 4.69) is 22.0 Å². The molecule has 1 aromatic carbocycles. The molecule has 4 heteroatoms. The van der Waals surface area contributed by atoms with Gasteiger partial charge in [0.05, 0.1) is 14.2 Å². The van der Waals surface area contributed by atoms with Crippen LogP contribution in [0.4, 0.5) is 0 Å². The molecule has 2 atom stereocenters. The second-order valence-electron chi connectivity index (χ2n) is 4.61. The van der Waals surface area contributed by atoms with Crippen molar-refractivity contribution >= 4 is 27.5 Å². The lowest BCUT2D eigenvalue weighted by Crippen LogP contribution is -2.18. The molecule has 2 unspecified atom stereocenters. The van der Waals surface area contributed by atoms with Gasteiger partial charge in [0.2, 0.25) is 0 Å². The zero-order valence-electron chi connectivity index (χ0n) is 10.7. The van der Waals surface area contributed by atoms with Crippen LogP contribution in [0, 0.1) is 0 Å². The number of rotatable bonds is 3. The van der Waals surface area contributed by atoms with Crippen LogP contribution in [0.3, 0.4) is 0 Å². The van der Waals surface area contributed by atoms with Gasteiger partial charge in [-0.2, -0.15) is 0 Å². The highest BCUT2D eigenvalue weighted by atomic mass is 79.9. The molecule has 0 radical (unpaired) electrons. The Morgan fingerprint density at radius 3 is 2.50 bits per heavy atom. The molecule has 1 aromatic rings. The Bertz CT molecular complexity index is 423. The van der Waals surface area contributed by atoms with Gasteiger partial charge in [-0.3, -0.25) is 0 Å². The van der Waals surface area contributed by atoms with E-state index < -0.39 is 0 Å². The van der Waals surface area contributed by atoms with E-state index in [1.807, 2.05) is 6.07 Å². The monoisotopic (exact) mass is 332 g/mol. The lowest BCUT2D eigenvalue weighted by molar-refractivity contribution is 0.374.